The minimum absolute atomic E-state index is 0.0685. The first kappa shape index (κ1) is 71.6. The van der Waals surface area contributed by atoms with Gasteiger partial charge < -0.3 is 14.2 Å². The molecule has 0 aromatic carbocycles. The number of ether oxygens (including phenoxy) is 3. The van der Waals surface area contributed by atoms with Crippen LogP contribution >= 0.6 is 0 Å². The van der Waals surface area contributed by atoms with Crippen LogP contribution in [0, 0.1) is 0 Å². The standard InChI is InChI=1S/C68H126O6/c1-4-7-10-13-16-19-21-23-25-27-29-31-33-34-36-37-39-41-43-45-47-49-52-55-58-61-67(70)73-64-65(63-72-66(69)60-57-54-51-18-15-12-9-6-3)74-68(71)62-59-56-53-50-48-46-44-42-40-38-35-32-30-28-26-24-22-20-17-14-11-8-5-2/h21,23,27-30,65H,4-20,22,24-26,31-64H2,1-3H3/b23-21-,29-27-,30-28-. The third kappa shape index (κ3) is 60.5. The molecule has 0 aliphatic carbocycles. The van der Waals surface area contributed by atoms with Crippen molar-refractivity contribution in [1.82, 2.24) is 0 Å². The molecule has 0 bridgehead atoms. The maximum Gasteiger partial charge on any atom is 0.306 e. The Hall–Kier alpha value is -2.37. The summed E-state index contributed by atoms with van der Waals surface area (Å²) < 4.78 is 16.9. The monoisotopic (exact) mass is 1040 g/mol. The minimum Gasteiger partial charge on any atom is -0.462 e. The highest BCUT2D eigenvalue weighted by molar-refractivity contribution is 5.71. The lowest BCUT2D eigenvalue weighted by Gasteiger charge is -2.18. The Kier molecular flexibility index (Phi) is 61.1. The van der Waals surface area contributed by atoms with E-state index in [0.717, 1.165) is 64.2 Å². The third-order valence-corrected chi connectivity index (χ3v) is 14.9. The van der Waals surface area contributed by atoms with Gasteiger partial charge in [-0.2, -0.15) is 0 Å². The van der Waals surface area contributed by atoms with E-state index in [1.807, 2.05) is 0 Å². The van der Waals surface area contributed by atoms with Gasteiger partial charge in [0.15, 0.2) is 6.10 Å². The lowest BCUT2D eigenvalue weighted by atomic mass is 10.0. The first-order valence-corrected chi connectivity index (χ1v) is 33.0. The molecule has 1 atom stereocenters. The highest BCUT2D eigenvalue weighted by Crippen LogP contribution is 2.17. The Morgan fingerprint density at radius 3 is 0.757 bits per heavy atom. The zero-order chi connectivity index (χ0) is 53.6. The number of allylic oxidation sites excluding steroid dienone is 6. The van der Waals surface area contributed by atoms with Crippen LogP contribution in [0.2, 0.25) is 0 Å². The number of carbonyl (C=O) groups is 3. The molecule has 74 heavy (non-hydrogen) atoms. The molecule has 0 aliphatic rings. The van der Waals surface area contributed by atoms with Gasteiger partial charge in [0, 0.05) is 19.3 Å². The maximum atomic E-state index is 12.9. The molecule has 0 rings (SSSR count). The van der Waals surface area contributed by atoms with Crippen LogP contribution in [0.1, 0.15) is 361 Å². The summed E-state index contributed by atoms with van der Waals surface area (Å²) in [4.78, 5) is 38.2. The molecule has 0 aromatic rings. The summed E-state index contributed by atoms with van der Waals surface area (Å²) in [6.07, 6.45) is 77.5. The molecular weight excluding hydrogens is 913 g/mol. The first-order valence-electron chi connectivity index (χ1n) is 33.0. The Balaban J connectivity index is 4.12. The highest BCUT2D eigenvalue weighted by atomic mass is 16.6. The quantitative estimate of drug-likeness (QED) is 0.0261. The number of esters is 3. The molecule has 0 aliphatic heterocycles. The van der Waals surface area contributed by atoms with Crippen LogP contribution in [0.3, 0.4) is 0 Å². The molecule has 0 amide bonds. The summed E-state index contributed by atoms with van der Waals surface area (Å²) in [5, 5.41) is 0. The van der Waals surface area contributed by atoms with Crippen molar-refractivity contribution >= 4 is 17.9 Å². The molecule has 0 spiro atoms. The van der Waals surface area contributed by atoms with Crippen molar-refractivity contribution in [2.24, 2.45) is 0 Å². The van der Waals surface area contributed by atoms with Crippen molar-refractivity contribution in [3.63, 3.8) is 0 Å². The summed E-state index contributed by atoms with van der Waals surface area (Å²) in [7, 11) is 0. The molecule has 6 heteroatoms. The summed E-state index contributed by atoms with van der Waals surface area (Å²) in [6.45, 7) is 6.66. The molecule has 0 fully saturated rings. The summed E-state index contributed by atoms with van der Waals surface area (Å²) in [6, 6.07) is 0. The molecule has 0 heterocycles. The van der Waals surface area contributed by atoms with E-state index in [4.69, 9.17) is 14.2 Å². The molecule has 0 N–H and O–H groups in total. The zero-order valence-electron chi connectivity index (χ0n) is 49.9. The second-order valence-electron chi connectivity index (χ2n) is 22.4. The molecule has 6 nitrogen and oxygen atoms in total. The van der Waals surface area contributed by atoms with Crippen LogP contribution in [-0.4, -0.2) is 37.2 Å². The normalized spacial score (nSPS) is 12.2. The molecule has 434 valence electrons. The number of hydrogen-bond donors (Lipinski definition) is 0. The summed E-state index contributed by atoms with van der Waals surface area (Å²) >= 11 is 0. The number of hydrogen-bond acceptors (Lipinski definition) is 6. The average molecular weight is 1040 g/mol. The smallest absolute Gasteiger partial charge is 0.306 e. The average Bonchev–Trinajstić information content (AvgIpc) is 3.40. The highest BCUT2D eigenvalue weighted by Gasteiger charge is 2.19. The van der Waals surface area contributed by atoms with Crippen molar-refractivity contribution in [1.29, 1.82) is 0 Å². The SMILES string of the molecule is CCCCCCC/C=C\C/C=C\CCCCCCCCCCCCCCCC(=O)OCC(COC(=O)CCCCCCCCCC)OC(=O)CCCCCCCCCCCCC/C=C\CCCCCCCCCC. The Labute approximate surface area is 461 Å². The molecule has 0 radical (unpaired) electrons. The number of unbranched alkanes of at least 4 members (excludes halogenated alkanes) is 44. The van der Waals surface area contributed by atoms with Crippen LogP contribution in [0.15, 0.2) is 36.5 Å². The van der Waals surface area contributed by atoms with Crippen LogP contribution in [0.25, 0.3) is 0 Å². The van der Waals surface area contributed by atoms with Gasteiger partial charge >= 0.3 is 17.9 Å². The summed E-state index contributed by atoms with van der Waals surface area (Å²) in [5.74, 6) is -0.852. The third-order valence-electron chi connectivity index (χ3n) is 14.9. The van der Waals surface area contributed by atoms with Crippen LogP contribution in [-0.2, 0) is 28.6 Å². The largest absolute Gasteiger partial charge is 0.462 e. The maximum absolute atomic E-state index is 12.9. The van der Waals surface area contributed by atoms with Gasteiger partial charge in [-0.15, -0.1) is 0 Å². The van der Waals surface area contributed by atoms with E-state index in [-0.39, 0.29) is 31.1 Å². The van der Waals surface area contributed by atoms with Crippen LogP contribution < -0.4 is 0 Å². The van der Waals surface area contributed by atoms with Crippen molar-refractivity contribution in [2.45, 2.75) is 367 Å². The van der Waals surface area contributed by atoms with Gasteiger partial charge in [-0.05, 0) is 77.0 Å². The van der Waals surface area contributed by atoms with Crippen LogP contribution in [0.5, 0.6) is 0 Å². The minimum atomic E-state index is -0.769. The van der Waals surface area contributed by atoms with Gasteiger partial charge in [0.05, 0.1) is 0 Å². The van der Waals surface area contributed by atoms with Gasteiger partial charge in [-0.3, -0.25) is 14.4 Å². The van der Waals surface area contributed by atoms with E-state index < -0.39 is 6.10 Å². The van der Waals surface area contributed by atoms with E-state index in [0.29, 0.717) is 19.3 Å². The topological polar surface area (TPSA) is 78.9 Å². The number of carbonyl (C=O) groups excluding carboxylic acids is 3. The van der Waals surface area contributed by atoms with E-state index in [1.165, 1.54) is 257 Å². The van der Waals surface area contributed by atoms with Gasteiger partial charge in [-0.25, -0.2) is 0 Å². The van der Waals surface area contributed by atoms with Gasteiger partial charge in [0.2, 0.25) is 0 Å². The Bertz CT molecular complexity index is 1240. The molecular formula is C68H126O6. The van der Waals surface area contributed by atoms with E-state index >= 15 is 0 Å². The fourth-order valence-corrected chi connectivity index (χ4v) is 9.88. The summed E-state index contributed by atoms with van der Waals surface area (Å²) in [5.41, 5.74) is 0. The lowest BCUT2D eigenvalue weighted by Crippen LogP contribution is -2.30. The predicted octanol–water partition coefficient (Wildman–Crippen LogP) is 22.4. The van der Waals surface area contributed by atoms with E-state index in [9.17, 15) is 14.4 Å². The Morgan fingerprint density at radius 2 is 0.486 bits per heavy atom. The Morgan fingerprint density at radius 1 is 0.270 bits per heavy atom. The van der Waals surface area contributed by atoms with E-state index in [2.05, 4.69) is 57.2 Å². The molecule has 0 saturated carbocycles. The van der Waals surface area contributed by atoms with Gasteiger partial charge in [0.25, 0.3) is 0 Å². The molecule has 1 unspecified atom stereocenters. The fourth-order valence-electron chi connectivity index (χ4n) is 9.88. The number of rotatable bonds is 61. The van der Waals surface area contributed by atoms with Crippen molar-refractivity contribution in [3.05, 3.63) is 36.5 Å². The van der Waals surface area contributed by atoms with Crippen molar-refractivity contribution in [2.75, 3.05) is 13.2 Å². The molecule has 0 saturated heterocycles. The molecule has 0 aromatic heterocycles. The van der Waals surface area contributed by atoms with Crippen molar-refractivity contribution in [3.8, 4) is 0 Å². The van der Waals surface area contributed by atoms with Gasteiger partial charge in [0.1, 0.15) is 13.2 Å². The zero-order valence-corrected chi connectivity index (χ0v) is 49.9. The second-order valence-corrected chi connectivity index (χ2v) is 22.4. The predicted molar refractivity (Wildman–Crippen MR) is 321 cm³/mol. The fraction of sp³-hybridized carbons (Fsp3) is 0.868. The van der Waals surface area contributed by atoms with Crippen LogP contribution in [0.4, 0.5) is 0 Å². The van der Waals surface area contributed by atoms with Crippen molar-refractivity contribution < 1.29 is 28.6 Å². The van der Waals surface area contributed by atoms with Gasteiger partial charge in [-0.1, -0.05) is 301 Å². The van der Waals surface area contributed by atoms with E-state index in [1.54, 1.807) is 0 Å². The lowest BCUT2D eigenvalue weighted by molar-refractivity contribution is -0.167. The second kappa shape index (κ2) is 63.2. The first-order chi connectivity index (χ1) is 36.5.